The fourth-order valence-electron chi connectivity index (χ4n) is 1.58. The summed E-state index contributed by atoms with van der Waals surface area (Å²) in [6, 6.07) is 7.45. The molecule has 0 aliphatic carbocycles. The van der Waals surface area contributed by atoms with Gasteiger partial charge in [0.15, 0.2) is 0 Å². The second kappa shape index (κ2) is 4.18. The Bertz CT molecular complexity index is 491. The summed E-state index contributed by atoms with van der Waals surface area (Å²) in [5.74, 6) is -0.217. The van der Waals surface area contributed by atoms with Gasteiger partial charge in [-0.05, 0) is 18.6 Å². The number of hydrogen-bond acceptors (Lipinski definition) is 3. The molecule has 0 radical (unpaired) electrons. The molecule has 16 heavy (non-hydrogen) atoms. The first-order valence-corrected chi connectivity index (χ1v) is 4.98. The maximum atomic E-state index is 11.2. The number of aromatic nitrogens is 1. The summed E-state index contributed by atoms with van der Waals surface area (Å²) in [4.78, 5) is 15.3. The molecule has 82 valence electrons. The van der Waals surface area contributed by atoms with Crippen LogP contribution in [0.3, 0.4) is 0 Å². The van der Waals surface area contributed by atoms with Crippen LogP contribution in [-0.2, 0) is 4.79 Å². The van der Waals surface area contributed by atoms with Crippen LogP contribution in [-0.4, -0.2) is 10.9 Å². The van der Waals surface area contributed by atoms with E-state index < -0.39 is 0 Å². The average Bonchev–Trinajstić information content (AvgIpc) is 2.81. The number of nitrogens with zero attached hydrogens (tertiary/aromatic N) is 1. The summed E-state index contributed by atoms with van der Waals surface area (Å²) in [5.41, 5.74) is 6.94. The fourth-order valence-corrected chi connectivity index (χ4v) is 1.58. The molecule has 1 aromatic heterocycles. The molecule has 4 heteroatoms. The number of nitrogens with two attached hydrogens (primary N) is 1. The highest BCUT2D eigenvalue weighted by molar-refractivity contribution is 5.83. The summed E-state index contributed by atoms with van der Waals surface area (Å²) in [7, 11) is 0. The highest BCUT2D eigenvalue weighted by atomic mass is 16.3. The number of oxazole rings is 1. The Morgan fingerprint density at radius 2 is 2.19 bits per heavy atom. The van der Waals surface area contributed by atoms with Crippen molar-refractivity contribution in [2.24, 2.45) is 5.73 Å². The fraction of sp³-hybridized carbons (Fsp3) is 0.167. The average molecular weight is 216 g/mol. The third kappa shape index (κ3) is 1.82. The van der Waals surface area contributed by atoms with E-state index in [4.69, 9.17) is 10.2 Å². The Balaban J connectivity index is 2.50. The van der Waals surface area contributed by atoms with Crippen LogP contribution in [0.5, 0.6) is 0 Å². The second-order valence-corrected chi connectivity index (χ2v) is 3.55. The van der Waals surface area contributed by atoms with Crippen molar-refractivity contribution in [3.63, 3.8) is 0 Å². The van der Waals surface area contributed by atoms with Gasteiger partial charge in [0.25, 0.3) is 0 Å². The zero-order valence-corrected chi connectivity index (χ0v) is 8.88. The summed E-state index contributed by atoms with van der Waals surface area (Å²) in [6.45, 7) is 1.77. The molecular formula is C12H12N2O2. The zero-order valence-electron chi connectivity index (χ0n) is 8.88. The van der Waals surface area contributed by atoms with E-state index in [1.54, 1.807) is 13.1 Å². The van der Waals surface area contributed by atoms with Crippen LogP contribution in [0.4, 0.5) is 0 Å². The number of hydrogen-bond donors (Lipinski definition) is 1. The lowest BCUT2D eigenvalue weighted by molar-refractivity contribution is -0.119. The predicted molar refractivity (Wildman–Crippen MR) is 59.5 cm³/mol. The quantitative estimate of drug-likeness (QED) is 0.852. The van der Waals surface area contributed by atoms with Crippen molar-refractivity contribution >= 4 is 5.91 Å². The topological polar surface area (TPSA) is 69.1 Å². The minimum absolute atomic E-state index is 0.358. The lowest BCUT2D eigenvalue weighted by atomic mass is 9.95. The van der Waals surface area contributed by atoms with Crippen molar-refractivity contribution in [3.8, 4) is 11.5 Å². The van der Waals surface area contributed by atoms with Crippen LogP contribution >= 0.6 is 0 Å². The molecular weight excluding hydrogens is 204 g/mol. The summed E-state index contributed by atoms with van der Waals surface area (Å²) < 4.78 is 5.23. The number of primary amides is 1. The molecule has 0 saturated carbocycles. The van der Waals surface area contributed by atoms with Crippen molar-refractivity contribution in [1.82, 2.24) is 4.98 Å². The van der Waals surface area contributed by atoms with E-state index in [9.17, 15) is 4.79 Å². The molecule has 1 heterocycles. The Labute approximate surface area is 93.1 Å². The van der Waals surface area contributed by atoms with Crippen molar-refractivity contribution in [1.29, 1.82) is 0 Å². The lowest BCUT2D eigenvalue weighted by Gasteiger charge is -2.11. The molecule has 2 rings (SSSR count). The third-order valence-corrected chi connectivity index (χ3v) is 2.52. The Morgan fingerprint density at radius 3 is 2.81 bits per heavy atom. The SMILES string of the molecule is CC(C(N)=O)c1ccccc1-c1ncco1. The van der Waals surface area contributed by atoms with Crippen LogP contribution in [0.1, 0.15) is 18.4 Å². The molecule has 2 aromatic rings. The lowest BCUT2D eigenvalue weighted by Crippen LogP contribution is -2.19. The van der Waals surface area contributed by atoms with E-state index in [-0.39, 0.29) is 11.8 Å². The van der Waals surface area contributed by atoms with Gasteiger partial charge in [-0.15, -0.1) is 0 Å². The van der Waals surface area contributed by atoms with Gasteiger partial charge < -0.3 is 10.2 Å². The minimum atomic E-state index is -0.362. The molecule has 0 saturated heterocycles. The smallest absolute Gasteiger partial charge is 0.226 e. The van der Waals surface area contributed by atoms with Gasteiger partial charge in [-0.25, -0.2) is 4.98 Å². The number of carbonyl (C=O) groups is 1. The third-order valence-electron chi connectivity index (χ3n) is 2.52. The monoisotopic (exact) mass is 216 g/mol. The molecule has 1 atom stereocenters. The van der Waals surface area contributed by atoms with Crippen molar-refractivity contribution in [3.05, 3.63) is 42.3 Å². The zero-order chi connectivity index (χ0) is 11.5. The summed E-state index contributed by atoms with van der Waals surface area (Å²) >= 11 is 0. The molecule has 0 fully saturated rings. The number of benzene rings is 1. The standard InChI is InChI=1S/C12H12N2O2/c1-8(11(13)15)9-4-2-3-5-10(9)12-14-6-7-16-12/h2-8H,1H3,(H2,13,15). The first-order valence-electron chi connectivity index (χ1n) is 4.98. The second-order valence-electron chi connectivity index (χ2n) is 3.55. The molecule has 0 aliphatic rings. The normalized spacial score (nSPS) is 12.3. The van der Waals surface area contributed by atoms with E-state index in [1.165, 1.54) is 6.26 Å². The first kappa shape index (κ1) is 10.4. The number of rotatable bonds is 3. The van der Waals surface area contributed by atoms with E-state index >= 15 is 0 Å². The molecule has 1 unspecified atom stereocenters. The largest absolute Gasteiger partial charge is 0.445 e. The predicted octanol–water partition coefficient (Wildman–Crippen LogP) is 1.93. The highest BCUT2D eigenvalue weighted by Crippen LogP contribution is 2.27. The van der Waals surface area contributed by atoms with Crippen LogP contribution in [0, 0.1) is 0 Å². The van der Waals surface area contributed by atoms with Gasteiger partial charge in [-0.2, -0.15) is 0 Å². The maximum Gasteiger partial charge on any atom is 0.226 e. The minimum Gasteiger partial charge on any atom is -0.445 e. The molecule has 0 aliphatic heterocycles. The Hall–Kier alpha value is -2.10. The molecule has 2 N–H and O–H groups in total. The van der Waals surface area contributed by atoms with E-state index in [1.807, 2.05) is 24.3 Å². The number of carbonyl (C=O) groups excluding carboxylic acids is 1. The van der Waals surface area contributed by atoms with E-state index in [2.05, 4.69) is 4.98 Å². The van der Waals surface area contributed by atoms with Gasteiger partial charge in [-0.1, -0.05) is 18.2 Å². The Kier molecular flexibility index (Phi) is 2.72. The van der Waals surface area contributed by atoms with Gasteiger partial charge in [0, 0.05) is 5.56 Å². The van der Waals surface area contributed by atoms with Gasteiger partial charge in [0.2, 0.25) is 11.8 Å². The summed E-state index contributed by atoms with van der Waals surface area (Å²) in [6.07, 6.45) is 3.07. The summed E-state index contributed by atoms with van der Waals surface area (Å²) in [5, 5.41) is 0. The Morgan fingerprint density at radius 1 is 1.44 bits per heavy atom. The molecule has 1 amide bonds. The van der Waals surface area contributed by atoms with Crippen molar-refractivity contribution in [2.75, 3.05) is 0 Å². The van der Waals surface area contributed by atoms with Gasteiger partial charge in [-0.3, -0.25) is 4.79 Å². The van der Waals surface area contributed by atoms with Crippen LogP contribution in [0.2, 0.25) is 0 Å². The molecule has 1 aromatic carbocycles. The van der Waals surface area contributed by atoms with Gasteiger partial charge >= 0.3 is 0 Å². The van der Waals surface area contributed by atoms with Gasteiger partial charge in [0.05, 0.1) is 12.1 Å². The molecule has 0 bridgehead atoms. The van der Waals surface area contributed by atoms with E-state index in [0.717, 1.165) is 11.1 Å². The van der Waals surface area contributed by atoms with E-state index in [0.29, 0.717) is 5.89 Å². The number of amides is 1. The van der Waals surface area contributed by atoms with Crippen LogP contribution in [0.15, 0.2) is 41.1 Å². The first-order chi connectivity index (χ1) is 7.70. The van der Waals surface area contributed by atoms with Crippen LogP contribution in [0.25, 0.3) is 11.5 Å². The highest BCUT2D eigenvalue weighted by Gasteiger charge is 2.17. The van der Waals surface area contributed by atoms with Gasteiger partial charge in [0.1, 0.15) is 6.26 Å². The molecule has 0 spiro atoms. The maximum absolute atomic E-state index is 11.2. The van der Waals surface area contributed by atoms with Crippen molar-refractivity contribution < 1.29 is 9.21 Å². The van der Waals surface area contributed by atoms with Crippen molar-refractivity contribution in [2.45, 2.75) is 12.8 Å². The molecule has 4 nitrogen and oxygen atoms in total. The van der Waals surface area contributed by atoms with Crippen LogP contribution < -0.4 is 5.73 Å².